The van der Waals surface area contributed by atoms with Crippen LogP contribution in [0.25, 0.3) is 0 Å². The molecule has 6 nitrogen and oxygen atoms in total. The molecule has 0 bridgehead atoms. The van der Waals surface area contributed by atoms with Crippen LogP contribution in [-0.2, 0) is 9.53 Å². The number of ether oxygens (including phenoxy) is 3. The molecule has 1 N–H and O–H groups in total. The number of fused-ring (bicyclic) bond motifs is 1. The van der Waals surface area contributed by atoms with Gasteiger partial charge in [-0.15, -0.1) is 11.8 Å². The summed E-state index contributed by atoms with van der Waals surface area (Å²) in [7, 11) is 0. The van der Waals surface area contributed by atoms with E-state index < -0.39 is 5.97 Å². The van der Waals surface area contributed by atoms with E-state index in [1.54, 1.807) is 11.8 Å². The van der Waals surface area contributed by atoms with E-state index in [0.717, 1.165) is 10.6 Å². The SMILES string of the molecule is Cc1ccc(SCCNC(=O)COC(=O)c2cc(Cl)c3c(c2)OCO3)cc1. The van der Waals surface area contributed by atoms with E-state index in [4.69, 9.17) is 25.8 Å². The largest absolute Gasteiger partial charge is 0.454 e. The molecular formula is C19H18ClNO5S. The fourth-order valence-corrected chi connectivity index (χ4v) is 3.38. The number of hydrogen-bond donors (Lipinski definition) is 1. The lowest BCUT2D eigenvalue weighted by molar-refractivity contribution is -0.124. The number of esters is 1. The molecule has 0 aromatic heterocycles. The Morgan fingerprint density at radius 3 is 2.78 bits per heavy atom. The quantitative estimate of drug-likeness (QED) is 0.430. The van der Waals surface area contributed by atoms with Gasteiger partial charge >= 0.3 is 5.97 Å². The van der Waals surface area contributed by atoms with Gasteiger partial charge in [0.25, 0.3) is 5.91 Å². The first-order chi connectivity index (χ1) is 13.0. The highest BCUT2D eigenvalue weighted by Gasteiger charge is 2.21. The fraction of sp³-hybridized carbons (Fsp3) is 0.263. The smallest absolute Gasteiger partial charge is 0.338 e. The second kappa shape index (κ2) is 9.01. The molecule has 0 saturated carbocycles. The van der Waals surface area contributed by atoms with Crippen molar-refractivity contribution < 1.29 is 23.8 Å². The molecule has 1 aliphatic rings. The van der Waals surface area contributed by atoms with Gasteiger partial charge in [0.05, 0.1) is 10.6 Å². The van der Waals surface area contributed by atoms with Crippen molar-refractivity contribution in [1.29, 1.82) is 0 Å². The van der Waals surface area contributed by atoms with E-state index in [1.807, 2.05) is 31.2 Å². The molecule has 1 heterocycles. The molecule has 0 spiro atoms. The number of amides is 1. The Labute approximate surface area is 166 Å². The van der Waals surface area contributed by atoms with Gasteiger partial charge in [-0.1, -0.05) is 29.3 Å². The van der Waals surface area contributed by atoms with Crippen LogP contribution in [-0.4, -0.2) is 37.6 Å². The highest BCUT2D eigenvalue weighted by Crippen LogP contribution is 2.39. The Morgan fingerprint density at radius 1 is 1.22 bits per heavy atom. The van der Waals surface area contributed by atoms with Crippen LogP contribution in [0.3, 0.4) is 0 Å². The van der Waals surface area contributed by atoms with Crippen molar-refractivity contribution in [3.05, 3.63) is 52.5 Å². The maximum atomic E-state index is 12.1. The van der Waals surface area contributed by atoms with Crippen molar-refractivity contribution in [2.24, 2.45) is 0 Å². The minimum Gasteiger partial charge on any atom is -0.454 e. The number of benzene rings is 2. The summed E-state index contributed by atoms with van der Waals surface area (Å²) < 4.78 is 15.4. The molecule has 1 amide bonds. The van der Waals surface area contributed by atoms with Gasteiger partial charge in [-0.3, -0.25) is 4.79 Å². The average Bonchev–Trinajstić information content (AvgIpc) is 3.14. The molecule has 142 valence electrons. The highest BCUT2D eigenvalue weighted by molar-refractivity contribution is 7.99. The van der Waals surface area contributed by atoms with Crippen LogP contribution in [0.2, 0.25) is 5.02 Å². The summed E-state index contributed by atoms with van der Waals surface area (Å²) in [6.45, 7) is 2.20. The first-order valence-electron chi connectivity index (χ1n) is 8.25. The molecule has 2 aromatic carbocycles. The van der Waals surface area contributed by atoms with Crippen molar-refractivity contribution in [1.82, 2.24) is 5.32 Å². The number of hydrogen-bond acceptors (Lipinski definition) is 6. The Morgan fingerprint density at radius 2 is 2.00 bits per heavy atom. The van der Waals surface area contributed by atoms with Crippen LogP contribution in [0.15, 0.2) is 41.3 Å². The standard InChI is InChI=1S/C19H18ClNO5S/c1-12-2-4-14(5-3-12)27-7-6-21-17(22)10-24-19(23)13-8-15(20)18-16(9-13)25-11-26-18/h2-5,8-9H,6-7,10-11H2,1H3,(H,21,22). The minimum absolute atomic E-state index is 0.0521. The van der Waals surface area contributed by atoms with E-state index in [9.17, 15) is 9.59 Å². The predicted octanol–water partition coefficient (Wildman–Crippen LogP) is 3.44. The molecule has 1 aliphatic heterocycles. The summed E-state index contributed by atoms with van der Waals surface area (Å²) in [5, 5.41) is 2.98. The molecule has 0 atom stereocenters. The molecular weight excluding hydrogens is 390 g/mol. The van der Waals surface area contributed by atoms with Gasteiger partial charge in [-0.05, 0) is 31.2 Å². The number of nitrogens with one attached hydrogen (secondary N) is 1. The maximum absolute atomic E-state index is 12.1. The Hall–Kier alpha value is -2.38. The van der Waals surface area contributed by atoms with Crippen molar-refractivity contribution in [3.63, 3.8) is 0 Å². The average molecular weight is 408 g/mol. The molecule has 0 unspecified atom stereocenters. The zero-order valence-electron chi connectivity index (χ0n) is 14.6. The lowest BCUT2D eigenvalue weighted by Crippen LogP contribution is -2.30. The lowest BCUT2D eigenvalue weighted by atomic mass is 10.2. The molecule has 0 radical (unpaired) electrons. The normalized spacial score (nSPS) is 11.9. The summed E-state index contributed by atoms with van der Waals surface area (Å²) in [5.41, 5.74) is 1.41. The van der Waals surface area contributed by atoms with Crippen LogP contribution in [0.4, 0.5) is 0 Å². The third-order valence-corrected chi connectivity index (χ3v) is 5.01. The predicted molar refractivity (Wildman–Crippen MR) is 103 cm³/mol. The van der Waals surface area contributed by atoms with Gasteiger partial charge < -0.3 is 19.5 Å². The van der Waals surface area contributed by atoms with E-state index in [0.29, 0.717) is 18.0 Å². The number of halogens is 1. The van der Waals surface area contributed by atoms with Gasteiger partial charge in [-0.2, -0.15) is 0 Å². The molecule has 27 heavy (non-hydrogen) atoms. The van der Waals surface area contributed by atoms with Gasteiger partial charge in [0.15, 0.2) is 18.1 Å². The lowest BCUT2D eigenvalue weighted by Gasteiger charge is -2.08. The summed E-state index contributed by atoms with van der Waals surface area (Å²) in [4.78, 5) is 25.0. The fourth-order valence-electron chi connectivity index (χ4n) is 2.34. The third-order valence-electron chi connectivity index (χ3n) is 3.71. The second-order valence-corrected chi connectivity index (χ2v) is 7.35. The number of rotatable bonds is 7. The second-order valence-electron chi connectivity index (χ2n) is 5.78. The Balaban J connectivity index is 1.39. The third kappa shape index (κ3) is 5.30. The molecule has 2 aromatic rings. The first kappa shape index (κ1) is 19.4. The van der Waals surface area contributed by atoms with E-state index in [-0.39, 0.29) is 29.9 Å². The van der Waals surface area contributed by atoms with Crippen LogP contribution < -0.4 is 14.8 Å². The number of carbonyl (C=O) groups excluding carboxylic acids is 2. The van der Waals surface area contributed by atoms with Gasteiger partial charge in [0.1, 0.15) is 0 Å². The van der Waals surface area contributed by atoms with Gasteiger partial charge in [0.2, 0.25) is 6.79 Å². The molecule has 0 fully saturated rings. The summed E-state index contributed by atoms with van der Waals surface area (Å²) >= 11 is 7.67. The number of carbonyl (C=O) groups is 2. The molecule has 8 heteroatoms. The van der Waals surface area contributed by atoms with Crippen LogP contribution in [0, 0.1) is 6.92 Å². The minimum atomic E-state index is -0.653. The summed E-state index contributed by atoms with van der Waals surface area (Å²) in [6, 6.07) is 11.1. The van der Waals surface area contributed by atoms with E-state index in [2.05, 4.69) is 5.32 Å². The molecule has 0 aliphatic carbocycles. The van der Waals surface area contributed by atoms with Crippen molar-refractivity contribution >= 4 is 35.2 Å². The number of aryl methyl sites for hydroxylation is 1. The van der Waals surface area contributed by atoms with Crippen molar-refractivity contribution in [2.45, 2.75) is 11.8 Å². The van der Waals surface area contributed by atoms with Crippen molar-refractivity contribution in [2.75, 3.05) is 25.7 Å². The summed E-state index contributed by atoms with van der Waals surface area (Å²) in [6.07, 6.45) is 0. The number of thioether (sulfide) groups is 1. The zero-order valence-corrected chi connectivity index (χ0v) is 16.2. The van der Waals surface area contributed by atoms with Crippen LogP contribution in [0.5, 0.6) is 11.5 Å². The van der Waals surface area contributed by atoms with Crippen LogP contribution in [0.1, 0.15) is 15.9 Å². The molecule has 0 saturated heterocycles. The van der Waals surface area contributed by atoms with Gasteiger partial charge in [0, 0.05) is 17.2 Å². The van der Waals surface area contributed by atoms with Crippen molar-refractivity contribution in [3.8, 4) is 11.5 Å². The monoisotopic (exact) mass is 407 g/mol. The topological polar surface area (TPSA) is 73.9 Å². The van der Waals surface area contributed by atoms with E-state index >= 15 is 0 Å². The first-order valence-corrected chi connectivity index (χ1v) is 9.62. The molecule has 3 rings (SSSR count). The van der Waals surface area contributed by atoms with Gasteiger partial charge in [-0.25, -0.2) is 4.79 Å². The van der Waals surface area contributed by atoms with E-state index in [1.165, 1.54) is 17.7 Å². The Kier molecular flexibility index (Phi) is 6.47. The summed E-state index contributed by atoms with van der Waals surface area (Å²) in [5.74, 6) is 0.490. The highest BCUT2D eigenvalue weighted by atomic mass is 35.5. The maximum Gasteiger partial charge on any atom is 0.338 e. The Bertz CT molecular complexity index is 841. The van der Waals surface area contributed by atoms with Crippen LogP contribution >= 0.6 is 23.4 Å². The zero-order chi connectivity index (χ0) is 19.2.